The maximum Gasteiger partial charge on any atom is 0.179 e. The zero-order valence-corrected chi connectivity index (χ0v) is 10.5. The van der Waals surface area contributed by atoms with Crippen molar-refractivity contribution in [2.45, 2.75) is 0 Å². The Morgan fingerprint density at radius 2 is 1.93 bits per heavy atom. The zero-order valence-electron chi connectivity index (χ0n) is 8.12. The molecule has 1 rings (SSSR count). The second-order valence-corrected chi connectivity index (χ2v) is 3.79. The normalized spacial score (nSPS) is 11.3. The Morgan fingerprint density at radius 1 is 1.33 bits per heavy atom. The zero-order chi connectivity index (χ0) is 11.4. The molecule has 4 nitrogen and oxygen atoms in total. The number of hydrogen-bond acceptors (Lipinski definition) is 4. The first kappa shape index (κ1) is 12.1. The predicted molar refractivity (Wildman–Crippen MR) is 61.4 cm³/mol. The molecule has 1 N–H and O–H groups in total. The van der Waals surface area contributed by atoms with Crippen molar-refractivity contribution in [3.8, 4) is 11.5 Å². The summed E-state index contributed by atoms with van der Waals surface area (Å²) < 4.78 is 10.9. The fourth-order valence-corrected chi connectivity index (χ4v) is 1.71. The number of methoxy groups -OCH3 is 2. The van der Waals surface area contributed by atoms with Crippen molar-refractivity contribution < 1.29 is 14.7 Å². The van der Waals surface area contributed by atoms with Crippen molar-refractivity contribution in [1.82, 2.24) is 0 Å². The molecule has 1 aromatic rings. The molecule has 0 fully saturated rings. The highest BCUT2D eigenvalue weighted by Gasteiger charge is 2.13. The molecule has 0 saturated carbocycles. The summed E-state index contributed by atoms with van der Waals surface area (Å²) in [5, 5.41) is 11.4. The van der Waals surface area contributed by atoms with Crippen LogP contribution in [0.3, 0.4) is 0 Å². The molecule has 0 saturated heterocycles. The summed E-state index contributed by atoms with van der Waals surface area (Å²) in [4.78, 5) is 0. The second kappa shape index (κ2) is 5.23. The molecule has 0 spiro atoms. The van der Waals surface area contributed by atoms with E-state index in [1.807, 2.05) is 0 Å². The minimum absolute atomic E-state index is 0.0577. The van der Waals surface area contributed by atoms with Crippen LogP contribution in [0.1, 0.15) is 5.56 Å². The largest absolute Gasteiger partial charge is 0.496 e. The van der Waals surface area contributed by atoms with Crippen molar-refractivity contribution in [2.24, 2.45) is 5.16 Å². The van der Waals surface area contributed by atoms with Crippen LogP contribution < -0.4 is 9.47 Å². The molecule has 0 atom stereocenters. The van der Waals surface area contributed by atoms with E-state index in [-0.39, 0.29) is 5.17 Å². The van der Waals surface area contributed by atoms with E-state index in [9.17, 15) is 0 Å². The minimum atomic E-state index is -0.0577. The SMILES string of the molecule is COc1cc(C(Cl)=NO)c(OC)cc1Br. The van der Waals surface area contributed by atoms with Crippen LogP contribution in [0.5, 0.6) is 11.5 Å². The fraction of sp³-hybridized carbons (Fsp3) is 0.222. The van der Waals surface area contributed by atoms with Gasteiger partial charge in [-0.1, -0.05) is 16.8 Å². The lowest BCUT2D eigenvalue weighted by Crippen LogP contribution is -1.98. The van der Waals surface area contributed by atoms with Gasteiger partial charge in [-0.25, -0.2) is 0 Å². The Morgan fingerprint density at radius 3 is 2.40 bits per heavy atom. The van der Waals surface area contributed by atoms with E-state index in [2.05, 4.69) is 21.1 Å². The third-order valence-electron chi connectivity index (χ3n) is 1.78. The Bertz CT molecular complexity index is 395. The van der Waals surface area contributed by atoms with Gasteiger partial charge in [0.25, 0.3) is 0 Å². The average molecular weight is 295 g/mol. The highest BCUT2D eigenvalue weighted by Crippen LogP contribution is 2.33. The average Bonchev–Trinajstić information content (AvgIpc) is 2.27. The topological polar surface area (TPSA) is 51.0 Å². The first-order valence-corrected chi connectivity index (χ1v) is 5.10. The first-order chi connectivity index (χ1) is 7.13. The number of nitrogens with zero attached hydrogens (tertiary/aromatic N) is 1. The van der Waals surface area contributed by atoms with Gasteiger partial charge < -0.3 is 14.7 Å². The van der Waals surface area contributed by atoms with Gasteiger partial charge >= 0.3 is 0 Å². The van der Waals surface area contributed by atoms with Crippen LogP contribution in [0.4, 0.5) is 0 Å². The second-order valence-electron chi connectivity index (χ2n) is 2.58. The van der Waals surface area contributed by atoms with Crippen LogP contribution in [0.2, 0.25) is 0 Å². The minimum Gasteiger partial charge on any atom is -0.496 e. The van der Waals surface area contributed by atoms with Crippen LogP contribution in [0, 0.1) is 0 Å². The number of rotatable bonds is 3. The lowest BCUT2D eigenvalue weighted by molar-refractivity contribution is 0.320. The van der Waals surface area contributed by atoms with Gasteiger partial charge in [-0.3, -0.25) is 0 Å². The Balaban J connectivity index is 3.35. The molecule has 1 aromatic carbocycles. The van der Waals surface area contributed by atoms with Crippen molar-refractivity contribution in [1.29, 1.82) is 0 Å². The van der Waals surface area contributed by atoms with Gasteiger partial charge in [-0.2, -0.15) is 0 Å². The number of benzene rings is 1. The fourth-order valence-electron chi connectivity index (χ4n) is 1.08. The van der Waals surface area contributed by atoms with E-state index in [4.69, 9.17) is 26.3 Å². The van der Waals surface area contributed by atoms with Crippen LogP contribution >= 0.6 is 27.5 Å². The number of halogens is 2. The van der Waals surface area contributed by atoms with Gasteiger partial charge in [0.1, 0.15) is 11.5 Å². The van der Waals surface area contributed by atoms with Crippen molar-refractivity contribution >= 4 is 32.7 Å². The maximum atomic E-state index is 8.59. The van der Waals surface area contributed by atoms with Crippen molar-refractivity contribution in [3.05, 3.63) is 22.2 Å². The third-order valence-corrected chi connectivity index (χ3v) is 2.68. The number of oxime groups is 1. The van der Waals surface area contributed by atoms with Gasteiger partial charge in [-0.05, 0) is 28.1 Å². The standard InChI is InChI=1S/C9H9BrClNO3/c1-14-7-4-6(10)8(15-2)3-5(7)9(11)12-13/h3-4,13H,1-2H3. The number of hydrogen-bond donors (Lipinski definition) is 1. The Labute approximate surface area is 101 Å². The van der Waals surface area contributed by atoms with Gasteiger partial charge in [0.15, 0.2) is 5.17 Å². The Hall–Kier alpha value is -0.940. The molecule has 0 aliphatic carbocycles. The van der Waals surface area contributed by atoms with Crippen molar-refractivity contribution in [2.75, 3.05) is 14.2 Å². The molecule has 0 aliphatic heterocycles. The molecule has 0 aromatic heterocycles. The maximum absolute atomic E-state index is 8.59. The summed E-state index contributed by atoms with van der Waals surface area (Å²) in [5.74, 6) is 1.07. The van der Waals surface area contributed by atoms with Crippen molar-refractivity contribution in [3.63, 3.8) is 0 Å². The molecule has 6 heteroatoms. The van der Waals surface area contributed by atoms with E-state index >= 15 is 0 Å². The van der Waals surface area contributed by atoms with E-state index in [1.54, 1.807) is 12.1 Å². The van der Waals surface area contributed by atoms with E-state index in [1.165, 1.54) is 14.2 Å². The molecular formula is C9H9BrClNO3. The summed E-state index contributed by atoms with van der Waals surface area (Å²) >= 11 is 9.01. The summed E-state index contributed by atoms with van der Waals surface area (Å²) in [6.45, 7) is 0. The summed E-state index contributed by atoms with van der Waals surface area (Å²) in [6.07, 6.45) is 0. The quantitative estimate of drug-likeness (QED) is 0.530. The van der Waals surface area contributed by atoms with E-state index in [0.717, 1.165) is 4.47 Å². The lowest BCUT2D eigenvalue weighted by atomic mass is 10.2. The molecule has 0 radical (unpaired) electrons. The smallest absolute Gasteiger partial charge is 0.179 e. The van der Waals surface area contributed by atoms with Gasteiger partial charge in [-0.15, -0.1) is 0 Å². The highest BCUT2D eigenvalue weighted by molar-refractivity contribution is 9.10. The molecule has 82 valence electrons. The molecule has 0 heterocycles. The van der Waals surface area contributed by atoms with E-state index in [0.29, 0.717) is 17.1 Å². The summed E-state index contributed by atoms with van der Waals surface area (Å²) in [6, 6.07) is 3.30. The third kappa shape index (κ3) is 2.54. The monoisotopic (exact) mass is 293 g/mol. The van der Waals surface area contributed by atoms with Crippen LogP contribution in [0.15, 0.2) is 21.8 Å². The van der Waals surface area contributed by atoms with E-state index < -0.39 is 0 Å². The van der Waals surface area contributed by atoms with Gasteiger partial charge in [0.2, 0.25) is 0 Å². The lowest BCUT2D eigenvalue weighted by Gasteiger charge is -2.10. The molecular weight excluding hydrogens is 285 g/mol. The molecule has 0 bridgehead atoms. The Kier molecular flexibility index (Phi) is 4.23. The van der Waals surface area contributed by atoms with Crippen LogP contribution in [-0.2, 0) is 0 Å². The molecule has 0 aliphatic rings. The van der Waals surface area contributed by atoms with Gasteiger partial charge in [0, 0.05) is 0 Å². The van der Waals surface area contributed by atoms with Gasteiger partial charge in [0.05, 0.1) is 24.3 Å². The summed E-state index contributed by atoms with van der Waals surface area (Å²) in [7, 11) is 3.03. The predicted octanol–water partition coefficient (Wildman–Crippen LogP) is 2.84. The molecule has 0 unspecified atom stereocenters. The van der Waals surface area contributed by atoms with Crippen LogP contribution in [0.25, 0.3) is 0 Å². The first-order valence-electron chi connectivity index (χ1n) is 3.93. The van der Waals surface area contributed by atoms with Crippen LogP contribution in [-0.4, -0.2) is 24.6 Å². The summed E-state index contributed by atoms with van der Waals surface area (Å²) in [5.41, 5.74) is 0.460. The number of ether oxygens (including phenoxy) is 2. The molecule has 15 heavy (non-hydrogen) atoms. The highest BCUT2D eigenvalue weighted by atomic mass is 79.9. The molecule has 0 amide bonds.